The van der Waals surface area contributed by atoms with Crippen LogP contribution in [0.15, 0.2) is 12.1 Å². The van der Waals surface area contributed by atoms with Gasteiger partial charge in [0.2, 0.25) is 0 Å². The zero-order valence-electron chi connectivity index (χ0n) is 31.0. The molecule has 44 heavy (non-hydrogen) atoms. The van der Waals surface area contributed by atoms with Crippen LogP contribution in [0.2, 0.25) is 0 Å². The third-order valence-corrected chi connectivity index (χ3v) is 11.0. The molecule has 6 nitrogen and oxygen atoms in total. The van der Waals surface area contributed by atoms with E-state index >= 15 is 0 Å². The highest BCUT2D eigenvalue weighted by Gasteiger charge is 2.49. The average Bonchev–Trinajstić information content (AvgIpc) is 2.84. The van der Waals surface area contributed by atoms with Gasteiger partial charge in [-0.15, -0.1) is 0 Å². The lowest BCUT2D eigenvalue weighted by atomic mass is 9.73. The number of carbonyl (C=O) groups excluding carboxylic acids is 2. The zero-order valence-corrected chi connectivity index (χ0v) is 31.0. The molecule has 4 unspecified atom stereocenters. The minimum absolute atomic E-state index is 0.0940. The molecule has 0 bridgehead atoms. The minimum atomic E-state index is -1.48. The first-order chi connectivity index (χ1) is 19.8. The van der Waals surface area contributed by atoms with Gasteiger partial charge in [-0.3, -0.25) is 19.4 Å². The summed E-state index contributed by atoms with van der Waals surface area (Å²) in [6, 6.07) is 4.92. The maximum absolute atomic E-state index is 14.3. The Hall–Kier alpha value is -1.92. The first kappa shape index (κ1) is 36.5. The molecule has 1 aromatic carbocycles. The van der Waals surface area contributed by atoms with Crippen LogP contribution in [0.25, 0.3) is 0 Å². The number of hydrogen-bond acceptors (Lipinski definition) is 6. The molecule has 2 heterocycles. The summed E-state index contributed by atoms with van der Waals surface area (Å²) in [5.74, 6) is -0.953. The molecule has 6 heteroatoms. The van der Waals surface area contributed by atoms with Gasteiger partial charge in [-0.05, 0) is 122 Å². The van der Waals surface area contributed by atoms with E-state index in [0.29, 0.717) is 0 Å². The number of benzene rings is 1. The van der Waals surface area contributed by atoms with Crippen LogP contribution in [0.4, 0.5) is 0 Å². The molecule has 250 valence electrons. The molecular formula is C38H64N2O4. The van der Waals surface area contributed by atoms with Gasteiger partial charge in [0.15, 0.2) is 5.41 Å². The number of likely N-dealkylation sites (tertiary alicyclic amines) is 2. The van der Waals surface area contributed by atoms with Crippen molar-refractivity contribution in [2.75, 3.05) is 14.1 Å². The quantitative estimate of drug-likeness (QED) is 0.242. The highest BCUT2D eigenvalue weighted by atomic mass is 16.6. The number of esters is 2. The van der Waals surface area contributed by atoms with E-state index < -0.39 is 17.4 Å². The second kappa shape index (κ2) is 12.4. The van der Waals surface area contributed by atoms with E-state index in [-0.39, 0.29) is 52.6 Å². The van der Waals surface area contributed by atoms with E-state index in [1.807, 2.05) is 0 Å². The van der Waals surface area contributed by atoms with Crippen LogP contribution in [-0.4, -0.2) is 71.2 Å². The number of rotatable bonds is 6. The summed E-state index contributed by atoms with van der Waals surface area (Å²) in [4.78, 5) is 33.4. The summed E-state index contributed by atoms with van der Waals surface area (Å²) in [6.07, 6.45) is 2.64. The molecule has 0 aliphatic carbocycles. The van der Waals surface area contributed by atoms with Crippen molar-refractivity contribution in [1.29, 1.82) is 0 Å². The Kier molecular flexibility index (Phi) is 10.3. The Balaban J connectivity index is 2.05. The number of nitrogens with zero attached hydrogens (tertiary/aromatic N) is 2. The Morgan fingerprint density at radius 1 is 0.750 bits per heavy atom. The molecule has 1 aromatic rings. The smallest absolute Gasteiger partial charge is 0.323 e. The summed E-state index contributed by atoms with van der Waals surface area (Å²) in [6.45, 7) is 30.4. The van der Waals surface area contributed by atoms with Gasteiger partial charge in [-0.1, -0.05) is 53.7 Å². The summed E-state index contributed by atoms with van der Waals surface area (Å²) in [5.41, 5.74) is 2.81. The van der Waals surface area contributed by atoms with Gasteiger partial charge in [0.1, 0.15) is 12.2 Å². The highest BCUT2D eigenvalue weighted by Crippen LogP contribution is 2.40. The van der Waals surface area contributed by atoms with Crippen LogP contribution in [0.3, 0.4) is 0 Å². The summed E-state index contributed by atoms with van der Waals surface area (Å²) in [7, 11) is 4.26. The van der Waals surface area contributed by atoms with Crippen LogP contribution in [0.5, 0.6) is 0 Å². The van der Waals surface area contributed by atoms with Gasteiger partial charge < -0.3 is 9.47 Å². The van der Waals surface area contributed by atoms with Gasteiger partial charge in [0.25, 0.3) is 0 Å². The molecule has 0 saturated carbocycles. The van der Waals surface area contributed by atoms with E-state index in [9.17, 15) is 9.59 Å². The van der Waals surface area contributed by atoms with E-state index in [1.165, 1.54) is 16.7 Å². The fourth-order valence-electron chi connectivity index (χ4n) is 7.65. The van der Waals surface area contributed by atoms with Crippen LogP contribution in [0.1, 0.15) is 138 Å². The monoisotopic (exact) mass is 612 g/mol. The van der Waals surface area contributed by atoms with E-state index in [0.717, 1.165) is 31.2 Å². The van der Waals surface area contributed by atoms with E-state index in [4.69, 9.17) is 9.47 Å². The molecule has 2 fully saturated rings. The normalized spacial score (nSPS) is 27.8. The predicted octanol–water partition coefficient (Wildman–Crippen LogP) is 7.75. The Bertz CT molecular complexity index is 1130. The fourth-order valence-corrected chi connectivity index (χ4v) is 7.65. The maximum atomic E-state index is 14.3. The molecular weight excluding hydrogens is 548 g/mol. The van der Waals surface area contributed by atoms with Crippen molar-refractivity contribution in [3.63, 3.8) is 0 Å². The SMILES string of the molecule is Cc1c(C(C)(C)C)cc(CC(C)(C(=O)OC2CC(C)N(C)C(C)(C)C2)C(=O)OC2CC(C)N(C)C(C)(C)C2)cc1C(C)(C)C. The van der Waals surface area contributed by atoms with E-state index in [1.54, 1.807) is 6.92 Å². The lowest BCUT2D eigenvalue weighted by Gasteiger charge is -2.48. The molecule has 3 rings (SSSR count). The standard InChI is InChI=1S/C38H64N2O4/c1-24-17-28(22-36(10,11)39(24)15)43-32(41)38(14,33(42)44-29-18-25(2)40(16)37(12,13)23-29)21-27-19-30(34(4,5)6)26(3)31(20-27)35(7,8)9/h19-20,24-25,28-29H,17-18,21-23H2,1-16H3. The second-order valence-corrected chi connectivity index (χ2v) is 17.8. The Morgan fingerprint density at radius 3 is 1.39 bits per heavy atom. The second-order valence-electron chi connectivity index (χ2n) is 17.8. The number of carbonyl (C=O) groups is 2. The minimum Gasteiger partial charge on any atom is -0.461 e. The number of hydrogen-bond donors (Lipinski definition) is 0. The highest BCUT2D eigenvalue weighted by molar-refractivity contribution is 6.00. The predicted molar refractivity (Wildman–Crippen MR) is 181 cm³/mol. The van der Waals surface area contributed by atoms with Crippen molar-refractivity contribution in [3.05, 3.63) is 34.4 Å². The van der Waals surface area contributed by atoms with Gasteiger partial charge in [-0.25, -0.2) is 0 Å². The Morgan fingerprint density at radius 2 is 1.09 bits per heavy atom. The lowest BCUT2D eigenvalue weighted by molar-refractivity contribution is -0.183. The molecule has 2 aliphatic heterocycles. The fraction of sp³-hybridized carbons (Fsp3) is 0.789. The molecule has 2 aliphatic rings. The summed E-state index contributed by atoms with van der Waals surface area (Å²) >= 11 is 0. The van der Waals surface area contributed by atoms with Crippen molar-refractivity contribution in [2.24, 2.45) is 5.41 Å². The molecule has 0 spiro atoms. The van der Waals surface area contributed by atoms with Gasteiger partial charge in [0.05, 0.1) is 0 Å². The summed E-state index contributed by atoms with van der Waals surface area (Å²) < 4.78 is 12.6. The van der Waals surface area contributed by atoms with Crippen LogP contribution in [-0.2, 0) is 36.3 Å². The van der Waals surface area contributed by atoms with Crippen molar-refractivity contribution in [3.8, 4) is 0 Å². The lowest BCUT2D eigenvalue weighted by Crippen LogP contribution is -2.56. The Labute approximate surface area is 269 Å². The van der Waals surface area contributed by atoms with Crippen molar-refractivity contribution >= 4 is 11.9 Å². The van der Waals surface area contributed by atoms with Crippen molar-refractivity contribution < 1.29 is 19.1 Å². The molecule has 0 amide bonds. The van der Waals surface area contributed by atoms with E-state index in [2.05, 4.69) is 126 Å². The molecule has 0 aromatic heterocycles. The maximum Gasteiger partial charge on any atom is 0.323 e. The number of piperidine rings is 2. The molecule has 4 atom stereocenters. The topological polar surface area (TPSA) is 59.1 Å². The zero-order chi connectivity index (χ0) is 33.8. The molecule has 2 saturated heterocycles. The molecule has 0 N–H and O–H groups in total. The third kappa shape index (κ3) is 7.71. The van der Waals surface area contributed by atoms with Crippen LogP contribution >= 0.6 is 0 Å². The number of ether oxygens (including phenoxy) is 2. The third-order valence-electron chi connectivity index (χ3n) is 11.0. The summed E-state index contributed by atoms with van der Waals surface area (Å²) in [5, 5.41) is 0. The van der Waals surface area contributed by atoms with Crippen LogP contribution < -0.4 is 0 Å². The van der Waals surface area contributed by atoms with Gasteiger partial charge in [-0.2, -0.15) is 0 Å². The average molecular weight is 613 g/mol. The van der Waals surface area contributed by atoms with Gasteiger partial charge in [0, 0.05) is 36.0 Å². The first-order valence-corrected chi connectivity index (χ1v) is 16.8. The largest absolute Gasteiger partial charge is 0.461 e. The first-order valence-electron chi connectivity index (χ1n) is 16.8. The molecule has 0 radical (unpaired) electrons. The van der Waals surface area contributed by atoms with Gasteiger partial charge >= 0.3 is 11.9 Å². The van der Waals surface area contributed by atoms with Crippen LogP contribution in [0, 0.1) is 12.3 Å². The van der Waals surface area contributed by atoms with Crippen molar-refractivity contribution in [2.45, 2.75) is 175 Å². The van der Waals surface area contributed by atoms with Crippen molar-refractivity contribution in [1.82, 2.24) is 9.80 Å².